The predicted octanol–water partition coefficient (Wildman–Crippen LogP) is 4.63. The Hall–Kier alpha value is -4.07. The van der Waals surface area contributed by atoms with E-state index in [1.807, 2.05) is 0 Å². The molecule has 5 fully saturated rings. The lowest BCUT2D eigenvalue weighted by molar-refractivity contribution is 0.0867. The van der Waals surface area contributed by atoms with Crippen LogP contribution in [-0.2, 0) is 0 Å². The number of aromatic nitrogens is 3. The lowest BCUT2D eigenvalue weighted by atomic mass is 9.93. The van der Waals surface area contributed by atoms with Crippen LogP contribution in [0, 0.1) is 29.9 Å². The second-order valence-corrected chi connectivity index (χ2v) is 13.4. The average molecular weight is 594 g/mol. The van der Waals surface area contributed by atoms with E-state index in [0.717, 1.165) is 57.7 Å². The number of fused-ring (bicyclic) bond motifs is 7. The summed E-state index contributed by atoms with van der Waals surface area (Å²) in [6.07, 6.45) is 14.2. The van der Waals surface area contributed by atoms with Crippen molar-refractivity contribution in [2.75, 3.05) is 36.9 Å². The SMILES string of the molecule is C#Cc1c(F)ccc2cc(N)cc(-c3ncc4c(N5C[C@H]6CC[C@@H](C5)N6)nc(OC[C@]56CCCN5[C@@H]5C[C@@H]5C6)nc4c3F)c12. The monoisotopic (exact) mass is 593 g/mol. The molecule has 3 N–H and O–H groups in total. The number of nitrogens with one attached hydrogen (secondary N) is 1. The van der Waals surface area contributed by atoms with Crippen LogP contribution in [0.1, 0.15) is 44.1 Å². The number of nitrogens with zero attached hydrogens (tertiary/aromatic N) is 5. The van der Waals surface area contributed by atoms with Gasteiger partial charge in [-0.1, -0.05) is 12.0 Å². The van der Waals surface area contributed by atoms with Crippen molar-refractivity contribution in [3.05, 3.63) is 47.7 Å². The summed E-state index contributed by atoms with van der Waals surface area (Å²) in [6, 6.07) is 7.74. The van der Waals surface area contributed by atoms with Gasteiger partial charge in [0.2, 0.25) is 0 Å². The number of hydrogen-bond donors (Lipinski definition) is 2. The third-order valence-corrected chi connectivity index (χ3v) is 10.7. The number of piperidine rings is 1. The van der Waals surface area contributed by atoms with Gasteiger partial charge in [-0.3, -0.25) is 9.88 Å². The molecular weight excluding hydrogens is 560 g/mol. The van der Waals surface area contributed by atoms with Gasteiger partial charge in [-0.2, -0.15) is 9.97 Å². The molecule has 10 heteroatoms. The van der Waals surface area contributed by atoms with E-state index in [1.54, 1.807) is 24.4 Å². The summed E-state index contributed by atoms with van der Waals surface area (Å²) in [5.74, 6) is 2.63. The third-order valence-electron chi connectivity index (χ3n) is 10.7. The molecule has 0 radical (unpaired) electrons. The van der Waals surface area contributed by atoms with Crippen molar-refractivity contribution >= 4 is 33.2 Å². The molecule has 5 aliphatic rings. The molecule has 0 unspecified atom stereocenters. The number of benzene rings is 2. The van der Waals surface area contributed by atoms with Crippen LogP contribution >= 0.6 is 0 Å². The van der Waals surface area contributed by atoms with Crippen molar-refractivity contribution in [2.24, 2.45) is 5.92 Å². The summed E-state index contributed by atoms with van der Waals surface area (Å²) < 4.78 is 38.1. The lowest BCUT2D eigenvalue weighted by Crippen LogP contribution is -2.51. The molecule has 224 valence electrons. The molecule has 44 heavy (non-hydrogen) atoms. The smallest absolute Gasteiger partial charge is 0.319 e. The van der Waals surface area contributed by atoms with Crippen molar-refractivity contribution in [1.82, 2.24) is 25.2 Å². The van der Waals surface area contributed by atoms with E-state index in [0.29, 0.717) is 58.0 Å². The van der Waals surface area contributed by atoms with Gasteiger partial charge < -0.3 is 20.7 Å². The first-order valence-corrected chi connectivity index (χ1v) is 15.7. The van der Waals surface area contributed by atoms with E-state index >= 15 is 4.39 Å². The molecule has 0 amide bonds. The van der Waals surface area contributed by atoms with Crippen LogP contribution in [-0.4, -0.2) is 69.8 Å². The van der Waals surface area contributed by atoms with E-state index < -0.39 is 11.6 Å². The number of terminal acetylenes is 1. The molecule has 4 saturated heterocycles. The fourth-order valence-corrected chi connectivity index (χ4v) is 8.71. The maximum absolute atomic E-state index is 16.8. The minimum atomic E-state index is -0.643. The first-order valence-electron chi connectivity index (χ1n) is 15.7. The Balaban J connectivity index is 1.19. The van der Waals surface area contributed by atoms with Crippen LogP contribution in [0.25, 0.3) is 32.9 Å². The van der Waals surface area contributed by atoms with Crippen LogP contribution in [0.3, 0.4) is 0 Å². The summed E-state index contributed by atoms with van der Waals surface area (Å²) >= 11 is 0. The molecule has 4 aromatic rings. The second kappa shape index (κ2) is 9.46. The van der Waals surface area contributed by atoms with E-state index in [9.17, 15) is 4.39 Å². The summed E-state index contributed by atoms with van der Waals surface area (Å²) in [5.41, 5.74) is 7.11. The number of nitrogen functional groups attached to an aromatic ring is 1. The van der Waals surface area contributed by atoms with Gasteiger partial charge in [0.25, 0.3) is 0 Å². The summed E-state index contributed by atoms with van der Waals surface area (Å²) in [6.45, 7) is 3.12. The van der Waals surface area contributed by atoms with E-state index in [-0.39, 0.29) is 28.3 Å². The Bertz CT molecular complexity index is 1900. The zero-order valence-corrected chi connectivity index (χ0v) is 24.3. The van der Waals surface area contributed by atoms with E-state index in [4.69, 9.17) is 21.9 Å². The van der Waals surface area contributed by atoms with Gasteiger partial charge >= 0.3 is 6.01 Å². The molecule has 6 heterocycles. The average Bonchev–Trinajstić information content (AvgIpc) is 3.33. The highest BCUT2D eigenvalue weighted by Crippen LogP contribution is 2.56. The van der Waals surface area contributed by atoms with E-state index in [1.165, 1.54) is 12.5 Å². The van der Waals surface area contributed by atoms with Crippen molar-refractivity contribution in [3.8, 4) is 29.6 Å². The highest BCUT2D eigenvalue weighted by atomic mass is 19.1. The molecule has 4 aliphatic heterocycles. The number of ether oxygens (including phenoxy) is 1. The normalized spacial score (nSPS) is 28.8. The number of anilines is 2. The van der Waals surface area contributed by atoms with Crippen molar-refractivity contribution in [1.29, 1.82) is 0 Å². The molecule has 5 atom stereocenters. The highest BCUT2D eigenvalue weighted by Gasteiger charge is 2.61. The van der Waals surface area contributed by atoms with Gasteiger partial charge in [0.05, 0.1) is 16.5 Å². The van der Waals surface area contributed by atoms with E-state index in [2.05, 4.69) is 31.0 Å². The van der Waals surface area contributed by atoms with Crippen LogP contribution in [0.15, 0.2) is 30.5 Å². The first-order chi connectivity index (χ1) is 21.4. The van der Waals surface area contributed by atoms with Gasteiger partial charge in [-0.05, 0) is 74.6 Å². The first kappa shape index (κ1) is 26.3. The molecule has 1 aliphatic carbocycles. The second-order valence-electron chi connectivity index (χ2n) is 13.4. The zero-order valence-electron chi connectivity index (χ0n) is 24.3. The summed E-state index contributed by atoms with van der Waals surface area (Å²) in [5, 5.41) is 5.16. The van der Waals surface area contributed by atoms with Crippen molar-refractivity contribution < 1.29 is 13.5 Å². The molecule has 2 aromatic heterocycles. The van der Waals surface area contributed by atoms with Gasteiger partial charge in [-0.15, -0.1) is 6.42 Å². The number of hydrogen-bond acceptors (Lipinski definition) is 8. The maximum atomic E-state index is 16.8. The fraction of sp³-hybridized carbons (Fsp3) is 0.441. The maximum Gasteiger partial charge on any atom is 0.319 e. The van der Waals surface area contributed by atoms with Gasteiger partial charge in [-0.25, -0.2) is 8.78 Å². The Kier molecular flexibility index (Phi) is 5.67. The Morgan fingerprint density at radius 2 is 2.00 bits per heavy atom. The minimum absolute atomic E-state index is 0.00400. The van der Waals surface area contributed by atoms with Crippen LogP contribution < -0.4 is 20.7 Å². The number of rotatable bonds is 5. The van der Waals surface area contributed by atoms with Crippen molar-refractivity contribution in [3.63, 3.8) is 0 Å². The summed E-state index contributed by atoms with van der Waals surface area (Å²) in [7, 11) is 0. The quantitative estimate of drug-likeness (QED) is 0.256. The summed E-state index contributed by atoms with van der Waals surface area (Å²) in [4.78, 5) is 19.0. The lowest BCUT2D eigenvalue weighted by Gasteiger charge is -2.35. The fourth-order valence-electron chi connectivity index (χ4n) is 8.71. The van der Waals surface area contributed by atoms with Gasteiger partial charge in [0, 0.05) is 54.0 Å². The molecular formula is C34H33F2N7O. The number of nitrogens with two attached hydrogens (primary N) is 1. The van der Waals surface area contributed by atoms with Gasteiger partial charge in [0.15, 0.2) is 5.82 Å². The number of pyridine rings is 1. The molecule has 2 aromatic carbocycles. The third kappa shape index (κ3) is 3.92. The van der Waals surface area contributed by atoms with Crippen LogP contribution in [0.5, 0.6) is 6.01 Å². The highest BCUT2D eigenvalue weighted by molar-refractivity contribution is 6.03. The number of piperazine rings is 1. The zero-order chi connectivity index (χ0) is 29.7. The largest absolute Gasteiger partial charge is 0.461 e. The Morgan fingerprint density at radius 3 is 2.82 bits per heavy atom. The van der Waals surface area contributed by atoms with Crippen molar-refractivity contribution in [2.45, 2.75) is 62.2 Å². The molecule has 9 rings (SSSR count). The molecule has 2 bridgehead atoms. The molecule has 1 saturated carbocycles. The predicted molar refractivity (Wildman–Crippen MR) is 165 cm³/mol. The Labute approximate surface area is 254 Å². The van der Waals surface area contributed by atoms with Gasteiger partial charge in [0.1, 0.15) is 29.5 Å². The molecule has 8 nitrogen and oxygen atoms in total. The topological polar surface area (TPSA) is 92.4 Å². The molecule has 0 spiro atoms. The number of halogens is 2. The standard InChI is InChI=1S/C34H33F2N7O/c1-2-23-26(35)7-4-18-10-20(37)12-24(28(18)23)30-29(36)31-25(14-38-30)32(42-15-21-5-6-22(16-42)39-21)41-33(40-31)44-17-34-8-3-9-43(34)27-11-19(27)13-34/h1,4,7,10,12,14,19,21-22,27,39H,3,5-6,8-9,11,13,15-17,37H2/t19-,21-,22+,27-,34-/m1/s1. The van der Waals surface area contributed by atoms with Crippen LogP contribution in [0.4, 0.5) is 20.3 Å². The van der Waals surface area contributed by atoms with Crippen LogP contribution in [0.2, 0.25) is 0 Å². The minimum Gasteiger partial charge on any atom is -0.461 e. The Morgan fingerprint density at radius 1 is 1.16 bits per heavy atom.